The predicted molar refractivity (Wildman–Crippen MR) is 256 cm³/mol. The second kappa shape index (κ2) is 17.9. The van der Waals surface area contributed by atoms with Crippen LogP contribution >= 0.6 is 0 Å². The minimum atomic E-state index is -2.96. The first-order valence-electron chi connectivity index (χ1n) is 23.8. The van der Waals surface area contributed by atoms with Gasteiger partial charge in [0.25, 0.3) is 5.91 Å². The van der Waals surface area contributed by atoms with E-state index in [1.807, 2.05) is 61.6 Å². The number of carbonyl (C=O) groups is 4. The third-order valence-electron chi connectivity index (χ3n) is 16.3. The Morgan fingerprint density at radius 2 is 1.55 bits per heavy atom. The van der Waals surface area contributed by atoms with Gasteiger partial charge in [-0.1, -0.05) is 84.5 Å². The van der Waals surface area contributed by atoms with Gasteiger partial charge in [-0.15, -0.1) is 0 Å². The van der Waals surface area contributed by atoms with Crippen LogP contribution in [0.2, 0.25) is 18.1 Å². The number of amides is 1. The van der Waals surface area contributed by atoms with Crippen molar-refractivity contribution in [3.8, 4) is 0 Å². The van der Waals surface area contributed by atoms with Crippen LogP contribution in [0.5, 0.6) is 0 Å². The first kappa shape index (κ1) is 50.3. The van der Waals surface area contributed by atoms with E-state index in [4.69, 9.17) is 32.8 Å². The summed E-state index contributed by atoms with van der Waals surface area (Å²) in [6.07, 6.45) is -0.511. The molecular weight excluding hydrogens is 899 g/mol. The Kier molecular flexibility index (Phi) is 13.1. The Hall–Kier alpha value is -5.10. The van der Waals surface area contributed by atoms with Gasteiger partial charge in [-0.2, -0.15) is 0 Å². The fourth-order valence-corrected chi connectivity index (χ4v) is 13.2. The number of hydrogen-bond donors (Lipinski definition) is 2. The topological polar surface area (TPSA) is 191 Å². The minimum Gasteiger partial charge on any atom is -0.456 e. The van der Waals surface area contributed by atoms with Gasteiger partial charge >= 0.3 is 17.9 Å². The number of ether oxygens (including phenoxy) is 6. The molecule has 16 heteroatoms. The normalized spacial score (nSPS) is 32.7. The lowest BCUT2D eigenvalue weighted by molar-refractivity contribution is -0.345. The third-order valence-corrected chi connectivity index (χ3v) is 20.9. The number of carbonyl (C=O) groups excluding carboxylic acids is 4. The van der Waals surface area contributed by atoms with E-state index < -0.39 is 114 Å². The van der Waals surface area contributed by atoms with Crippen molar-refractivity contribution in [3.05, 3.63) is 120 Å². The molecule has 12 atom stereocenters. The van der Waals surface area contributed by atoms with Gasteiger partial charge in [-0.05, 0) is 92.4 Å². The molecule has 3 aliphatic carbocycles. The molecule has 8 rings (SSSR count). The molecular formula is C53H67N3O12Si. The van der Waals surface area contributed by atoms with Crippen molar-refractivity contribution in [3.63, 3.8) is 0 Å². The van der Waals surface area contributed by atoms with Crippen LogP contribution < -0.4 is 5.32 Å². The average molecular weight is 966 g/mol. The van der Waals surface area contributed by atoms with E-state index in [1.165, 1.54) is 19.3 Å². The zero-order valence-corrected chi connectivity index (χ0v) is 42.6. The summed E-state index contributed by atoms with van der Waals surface area (Å²) in [6, 6.07) is 17.4. The number of aromatic nitrogens is 2. The fraction of sp³-hybridized carbons (Fsp3) is 0.547. The second-order valence-corrected chi connectivity index (χ2v) is 26.6. The number of hydrogen-bond acceptors (Lipinski definition) is 14. The first-order valence-corrected chi connectivity index (χ1v) is 26.7. The SMILES string of the molecule is C=C[C@@H]1O[C@@H]2C3=C(C)[C@@H](OC(=O)[C@](C)(O[Si](C)(C)C(C)(C)C)[C@@H](NC(=O)c4ccccc4)c4ncccn4)C[C@@](O)([C@@H](OC(=O)c4ccccc4)[C@H]4[C@@](C)(CC[C@H]5OC[C@]54OC(C)=O)[C@@H]2O1)C3(C)C. The van der Waals surface area contributed by atoms with Crippen molar-refractivity contribution in [1.82, 2.24) is 15.3 Å². The Bertz CT molecular complexity index is 2500. The Morgan fingerprint density at radius 3 is 2.12 bits per heavy atom. The number of nitrogens with one attached hydrogen (secondary N) is 1. The summed E-state index contributed by atoms with van der Waals surface area (Å²) < 4.78 is 47.0. The quantitative estimate of drug-likeness (QED) is 0.0775. The molecule has 15 nitrogen and oxygen atoms in total. The summed E-state index contributed by atoms with van der Waals surface area (Å²) in [7, 11) is -2.96. The number of rotatable bonds is 12. The van der Waals surface area contributed by atoms with E-state index in [2.05, 4.69) is 21.9 Å². The third kappa shape index (κ3) is 8.37. The number of fused-ring (bicyclic) bond motifs is 8. The lowest BCUT2D eigenvalue weighted by atomic mass is 9.45. The maximum atomic E-state index is 15.8. The van der Waals surface area contributed by atoms with Crippen LogP contribution in [0.1, 0.15) is 114 Å². The number of aliphatic hydroxyl groups is 1. The minimum absolute atomic E-state index is 0.0303. The summed E-state index contributed by atoms with van der Waals surface area (Å²) in [5.41, 5.74) is -5.98. The summed E-state index contributed by atoms with van der Waals surface area (Å²) in [4.78, 5) is 67.0. The zero-order chi connectivity index (χ0) is 50.1. The zero-order valence-electron chi connectivity index (χ0n) is 41.6. The number of esters is 3. The van der Waals surface area contributed by atoms with Crippen LogP contribution in [0.25, 0.3) is 0 Å². The molecule has 2 saturated heterocycles. The Labute approximate surface area is 405 Å². The predicted octanol–water partition coefficient (Wildman–Crippen LogP) is 7.77. The van der Waals surface area contributed by atoms with E-state index in [0.29, 0.717) is 29.6 Å². The van der Waals surface area contributed by atoms with Crippen LogP contribution in [0, 0.1) is 16.7 Å². The Morgan fingerprint density at radius 1 is 0.928 bits per heavy atom. The highest BCUT2D eigenvalue weighted by Crippen LogP contribution is 2.67. The smallest absolute Gasteiger partial charge is 0.340 e. The maximum Gasteiger partial charge on any atom is 0.340 e. The van der Waals surface area contributed by atoms with Crippen LogP contribution in [0.15, 0.2) is 103 Å². The molecule has 3 aromatic rings. The maximum absolute atomic E-state index is 15.8. The highest BCUT2D eigenvalue weighted by atomic mass is 28.4. The van der Waals surface area contributed by atoms with Crippen molar-refractivity contribution in [2.45, 2.75) is 159 Å². The molecule has 2 bridgehead atoms. The molecule has 5 aliphatic rings. The summed E-state index contributed by atoms with van der Waals surface area (Å²) in [5.74, 6) is -3.49. The number of benzene rings is 2. The molecule has 2 aliphatic heterocycles. The summed E-state index contributed by atoms with van der Waals surface area (Å²) >= 11 is 0. The van der Waals surface area contributed by atoms with Gasteiger partial charge < -0.3 is 43.3 Å². The van der Waals surface area contributed by atoms with Crippen molar-refractivity contribution in [1.29, 1.82) is 0 Å². The standard InChI is InChI=1S/C53H67N3O12Si/c1-13-37-64-39-38-31(2)35(63-47(60)51(10,68-69(11,12)48(4,5)6)41(44-54-27-20-28-55-44)56-45(58)33-21-16-14-17-22-33)29-53(61,49(38,7)8)43(66-46(59)34-23-18-15-19-24-34)40-50(9,42(39)65-37)26-25-36-52(40,30-62-36)67-32(3)57/h13-24,27-28,35-37,39-43,61H,1,25-26,29-30H2,2-12H3,(H,56,58)/t35-,36+,37+,39+,40-,41-,42+,43-,50+,51+,52-,53+/m0/s1. The van der Waals surface area contributed by atoms with Crippen LogP contribution in [-0.2, 0) is 42.4 Å². The molecule has 2 aromatic carbocycles. The van der Waals surface area contributed by atoms with Gasteiger partial charge in [-0.25, -0.2) is 19.6 Å². The van der Waals surface area contributed by atoms with E-state index in [1.54, 1.807) is 79.7 Å². The van der Waals surface area contributed by atoms with Gasteiger partial charge in [0.15, 0.2) is 31.6 Å². The molecule has 1 amide bonds. The van der Waals surface area contributed by atoms with Crippen LogP contribution in [-0.4, -0.2) is 107 Å². The van der Waals surface area contributed by atoms with E-state index in [-0.39, 0.29) is 24.4 Å². The van der Waals surface area contributed by atoms with E-state index in [0.717, 1.165) is 0 Å². The molecule has 2 N–H and O–H groups in total. The molecule has 0 unspecified atom stereocenters. The Balaban J connectivity index is 1.32. The van der Waals surface area contributed by atoms with Crippen LogP contribution in [0.4, 0.5) is 0 Å². The van der Waals surface area contributed by atoms with E-state index in [9.17, 15) is 19.5 Å². The highest BCUT2D eigenvalue weighted by Gasteiger charge is 2.77. The first-order chi connectivity index (χ1) is 32.3. The molecule has 69 heavy (non-hydrogen) atoms. The van der Waals surface area contributed by atoms with Crippen molar-refractivity contribution in [2.75, 3.05) is 6.61 Å². The van der Waals surface area contributed by atoms with Crippen molar-refractivity contribution < 1.29 is 57.1 Å². The fourth-order valence-electron chi connectivity index (χ4n) is 11.6. The van der Waals surface area contributed by atoms with Crippen molar-refractivity contribution >= 4 is 32.1 Å². The van der Waals surface area contributed by atoms with Gasteiger partial charge in [0, 0.05) is 42.1 Å². The highest BCUT2D eigenvalue weighted by molar-refractivity contribution is 6.74. The lowest BCUT2D eigenvalue weighted by Crippen LogP contribution is -2.79. The molecule has 1 aromatic heterocycles. The second-order valence-electron chi connectivity index (χ2n) is 21.9. The molecule has 0 spiro atoms. The van der Waals surface area contributed by atoms with Gasteiger partial charge in [0.1, 0.15) is 36.1 Å². The van der Waals surface area contributed by atoms with Gasteiger partial charge in [0.05, 0.1) is 24.2 Å². The number of nitrogens with zero attached hydrogens (tertiary/aromatic N) is 2. The molecule has 370 valence electrons. The molecule has 4 fully saturated rings. The van der Waals surface area contributed by atoms with Gasteiger partial charge in [0.2, 0.25) is 0 Å². The molecule has 2 saturated carbocycles. The monoisotopic (exact) mass is 965 g/mol. The van der Waals surface area contributed by atoms with Crippen molar-refractivity contribution in [2.24, 2.45) is 16.7 Å². The summed E-state index contributed by atoms with van der Waals surface area (Å²) in [5, 5.41) is 16.8. The largest absolute Gasteiger partial charge is 0.456 e. The van der Waals surface area contributed by atoms with E-state index >= 15 is 4.79 Å². The van der Waals surface area contributed by atoms with Gasteiger partial charge in [-0.3, -0.25) is 9.59 Å². The summed E-state index contributed by atoms with van der Waals surface area (Å²) in [6.45, 7) is 24.6. The lowest BCUT2D eigenvalue weighted by Gasteiger charge is -2.68. The van der Waals surface area contributed by atoms with Crippen LogP contribution in [0.3, 0.4) is 0 Å². The average Bonchev–Trinajstić information content (AvgIpc) is 3.73. The molecule has 3 heterocycles. The molecule has 0 radical (unpaired) electrons.